The summed E-state index contributed by atoms with van der Waals surface area (Å²) in [5.41, 5.74) is 3.61. The minimum atomic E-state index is -2.53. The average Bonchev–Trinajstić information content (AvgIpc) is 2.86. The molecule has 0 spiro atoms. The Bertz CT molecular complexity index is 1340. The van der Waals surface area contributed by atoms with Gasteiger partial charge in [0, 0.05) is 68.8 Å². The van der Waals surface area contributed by atoms with Crippen LogP contribution in [0.25, 0.3) is 11.3 Å². The van der Waals surface area contributed by atoms with Crippen molar-refractivity contribution in [1.82, 2.24) is 9.88 Å². The molecule has 188 valence electrons. The summed E-state index contributed by atoms with van der Waals surface area (Å²) in [4.78, 5) is 24.1. The Hall–Kier alpha value is -2.53. The van der Waals surface area contributed by atoms with Crippen molar-refractivity contribution >= 4 is 34.9 Å². The van der Waals surface area contributed by atoms with Crippen LogP contribution in [0, 0.1) is 0 Å². The van der Waals surface area contributed by atoms with Crippen LogP contribution < -0.4 is 15.8 Å². The van der Waals surface area contributed by atoms with Gasteiger partial charge in [-0.3, -0.25) is 9.69 Å². The molecule has 2 aromatic carbocycles. The highest BCUT2D eigenvalue weighted by molar-refractivity contribution is 8.05. The van der Waals surface area contributed by atoms with Gasteiger partial charge in [-0.25, -0.2) is 8.78 Å². The fraction of sp³-hybridized carbons (Fsp3) is 0.346. The first-order valence-electron chi connectivity index (χ1n) is 12.0. The largest absolute Gasteiger partial charge is 0.384 e. The van der Waals surface area contributed by atoms with E-state index in [0.717, 1.165) is 55.3 Å². The van der Waals surface area contributed by atoms with E-state index in [0.29, 0.717) is 26.3 Å². The summed E-state index contributed by atoms with van der Waals surface area (Å²) in [6, 6.07) is 16.2. The predicted octanol–water partition coefficient (Wildman–Crippen LogP) is 4.86. The summed E-state index contributed by atoms with van der Waals surface area (Å²) in [7, 11) is 0. The van der Waals surface area contributed by atoms with E-state index in [4.69, 9.17) is 4.74 Å². The Labute approximate surface area is 216 Å². The third kappa shape index (κ3) is 5.00. The second-order valence-corrected chi connectivity index (χ2v) is 11.3. The first-order chi connectivity index (χ1) is 17.4. The zero-order valence-electron chi connectivity index (χ0n) is 19.6. The monoisotopic (exact) mass is 528 g/mol. The molecule has 0 atom stereocenters. The van der Waals surface area contributed by atoms with Gasteiger partial charge in [-0.15, -0.1) is 0 Å². The maximum atomic E-state index is 13.0. The summed E-state index contributed by atoms with van der Waals surface area (Å²) < 4.78 is 31.5. The van der Waals surface area contributed by atoms with E-state index in [-0.39, 0.29) is 18.6 Å². The number of aromatic amines is 1. The van der Waals surface area contributed by atoms with E-state index in [1.165, 1.54) is 0 Å². The predicted molar refractivity (Wildman–Crippen MR) is 140 cm³/mol. The fourth-order valence-electron chi connectivity index (χ4n) is 4.73. The number of alkyl halides is 2. The molecule has 3 aliphatic heterocycles. The molecule has 4 heterocycles. The minimum absolute atomic E-state index is 0.113. The Balaban J connectivity index is 1.20. The Morgan fingerprint density at radius 3 is 2.64 bits per heavy atom. The van der Waals surface area contributed by atoms with Crippen LogP contribution in [-0.2, 0) is 4.74 Å². The highest BCUT2D eigenvalue weighted by Crippen LogP contribution is 2.52. The molecule has 2 fully saturated rings. The number of likely N-dealkylation sites (tertiary alicyclic amines) is 1. The van der Waals surface area contributed by atoms with Crippen molar-refractivity contribution in [2.45, 2.75) is 25.5 Å². The molecule has 10 heteroatoms. The molecule has 0 saturated carbocycles. The van der Waals surface area contributed by atoms with Gasteiger partial charge >= 0.3 is 0 Å². The van der Waals surface area contributed by atoms with Gasteiger partial charge < -0.3 is 19.9 Å². The molecule has 0 bridgehead atoms. The zero-order chi connectivity index (χ0) is 24.7. The van der Waals surface area contributed by atoms with Crippen molar-refractivity contribution in [3.63, 3.8) is 0 Å². The summed E-state index contributed by atoms with van der Waals surface area (Å²) in [5.74, 6) is -2.53. The van der Waals surface area contributed by atoms with Crippen molar-refractivity contribution in [2.75, 3.05) is 62.7 Å². The molecule has 2 N–H and O–H groups in total. The Morgan fingerprint density at radius 1 is 1.00 bits per heavy atom. The zero-order valence-corrected chi connectivity index (χ0v) is 21.2. The maximum Gasteiger partial charge on any atom is 0.272 e. The number of aromatic nitrogens is 1. The molecule has 3 aliphatic rings. The smallest absolute Gasteiger partial charge is 0.272 e. The minimum Gasteiger partial charge on any atom is -0.384 e. The summed E-state index contributed by atoms with van der Waals surface area (Å²) >= 11 is 3.41. The van der Waals surface area contributed by atoms with Crippen LogP contribution in [0.1, 0.15) is 0 Å². The number of benzene rings is 2. The summed E-state index contributed by atoms with van der Waals surface area (Å²) in [6.45, 7) is 3.80. The number of anilines is 2. The molecule has 0 aliphatic carbocycles. The normalized spacial score (nSPS) is 18.8. The van der Waals surface area contributed by atoms with Crippen molar-refractivity contribution < 1.29 is 13.5 Å². The number of fused-ring (bicyclic) bond motifs is 2. The Morgan fingerprint density at radius 2 is 1.83 bits per heavy atom. The van der Waals surface area contributed by atoms with E-state index >= 15 is 0 Å². The van der Waals surface area contributed by atoms with E-state index in [2.05, 4.69) is 45.5 Å². The third-order valence-corrected chi connectivity index (χ3v) is 9.11. The van der Waals surface area contributed by atoms with Crippen LogP contribution in [0.2, 0.25) is 0 Å². The van der Waals surface area contributed by atoms with Crippen molar-refractivity contribution in [1.29, 1.82) is 0 Å². The lowest BCUT2D eigenvalue weighted by Crippen LogP contribution is -2.57. The maximum absolute atomic E-state index is 13.0. The van der Waals surface area contributed by atoms with E-state index in [1.54, 1.807) is 34.5 Å². The molecule has 0 unspecified atom stereocenters. The number of hydrogen-bond acceptors (Lipinski definition) is 7. The number of pyridine rings is 1. The van der Waals surface area contributed by atoms with E-state index in [1.807, 2.05) is 12.1 Å². The molecular formula is C26H26F2N4O2S2. The molecule has 3 aromatic rings. The molecule has 1 aromatic heterocycles. The van der Waals surface area contributed by atoms with Crippen LogP contribution in [-0.4, -0.2) is 68.3 Å². The van der Waals surface area contributed by atoms with Crippen molar-refractivity contribution in [3.05, 3.63) is 58.9 Å². The van der Waals surface area contributed by atoms with Gasteiger partial charge in [-0.2, -0.15) is 0 Å². The number of rotatable bonds is 6. The molecular weight excluding hydrogens is 502 g/mol. The number of hydrogen-bond donors (Lipinski definition) is 2. The van der Waals surface area contributed by atoms with E-state index in [9.17, 15) is 13.6 Å². The lowest BCUT2D eigenvalue weighted by Gasteiger charge is -2.38. The van der Waals surface area contributed by atoms with Crippen LogP contribution >= 0.6 is 23.5 Å². The first kappa shape index (κ1) is 23.8. The lowest BCUT2D eigenvalue weighted by atomic mass is 10.1. The molecule has 0 amide bonds. The van der Waals surface area contributed by atoms with Crippen LogP contribution in [0.15, 0.2) is 72.9 Å². The van der Waals surface area contributed by atoms with Gasteiger partial charge in [-0.1, -0.05) is 35.7 Å². The summed E-state index contributed by atoms with van der Waals surface area (Å²) in [6.07, 6.45) is 0. The standard InChI is InChI=1S/C26H26F2N4O2S2/c27-26(28)15-31(16-26)7-6-29-17-4-5-21-23(12-17)35-22-3-1-2-19(25(22)36-21)20-13-18(14-24(33)30-20)32-8-10-34-11-9-32/h1-5,12-14,29H,6-11,15-16H2,(H,30,33). The van der Waals surface area contributed by atoms with Gasteiger partial charge in [0.1, 0.15) is 0 Å². The van der Waals surface area contributed by atoms with Crippen LogP contribution in [0.5, 0.6) is 0 Å². The first-order valence-corrected chi connectivity index (χ1v) is 13.6. The summed E-state index contributed by atoms with van der Waals surface area (Å²) in [5, 5.41) is 3.36. The topological polar surface area (TPSA) is 60.6 Å². The lowest BCUT2D eigenvalue weighted by molar-refractivity contribution is -0.128. The SMILES string of the molecule is O=c1cc(N2CCOCC2)cc(-c2cccc3c2Sc2ccc(NCCN4CC(F)(F)C4)cc2S3)[nH]1. The Kier molecular flexibility index (Phi) is 6.45. The molecule has 6 nitrogen and oxygen atoms in total. The van der Waals surface area contributed by atoms with Gasteiger partial charge in [0.05, 0.1) is 32.0 Å². The number of ether oxygens (including phenoxy) is 1. The van der Waals surface area contributed by atoms with Gasteiger partial charge in [0.25, 0.3) is 5.92 Å². The highest BCUT2D eigenvalue weighted by Gasteiger charge is 2.43. The van der Waals surface area contributed by atoms with E-state index < -0.39 is 5.92 Å². The fourth-order valence-corrected chi connectivity index (χ4v) is 7.14. The second-order valence-electron chi connectivity index (χ2n) is 9.21. The van der Waals surface area contributed by atoms with Gasteiger partial charge in [0.15, 0.2) is 0 Å². The third-order valence-electron chi connectivity index (χ3n) is 6.52. The van der Waals surface area contributed by atoms with Crippen molar-refractivity contribution in [3.8, 4) is 11.3 Å². The number of H-pyrrole nitrogens is 1. The highest BCUT2D eigenvalue weighted by atomic mass is 32.2. The molecule has 6 rings (SSSR count). The number of halogens is 2. The van der Waals surface area contributed by atoms with Gasteiger partial charge in [0.2, 0.25) is 5.56 Å². The molecule has 2 saturated heterocycles. The number of morpholine rings is 1. The van der Waals surface area contributed by atoms with Crippen LogP contribution in [0.4, 0.5) is 20.2 Å². The average molecular weight is 529 g/mol. The molecule has 36 heavy (non-hydrogen) atoms. The van der Waals surface area contributed by atoms with Crippen LogP contribution in [0.3, 0.4) is 0 Å². The second kappa shape index (κ2) is 9.74. The van der Waals surface area contributed by atoms with Crippen molar-refractivity contribution in [2.24, 2.45) is 0 Å². The quantitative estimate of drug-likeness (QED) is 0.371. The number of nitrogens with one attached hydrogen (secondary N) is 2. The number of nitrogens with zero attached hydrogens (tertiary/aromatic N) is 2. The van der Waals surface area contributed by atoms with Gasteiger partial charge in [-0.05, 0) is 30.3 Å². The molecule has 0 radical (unpaired) electrons.